The van der Waals surface area contributed by atoms with Gasteiger partial charge in [0, 0.05) is 23.4 Å². The molecule has 0 radical (unpaired) electrons. The first kappa shape index (κ1) is 16.3. The zero-order chi connectivity index (χ0) is 17.3. The van der Waals surface area contributed by atoms with Crippen molar-refractivity contribution in [2.24, 2.45) is 5.41 Å². The number of hydrogen-bond acceptors (Lipinski definition) is 5. The van der Waals surface area contributed by atoms with E-state index in [-0.39, 0.29) is 0 Å². The lowest BCUT2D eigenvalue weighted by Gasteiger charge is -2.23. The van der Waals surface area contributed by atoms with Crippen LogP contribution in [0, 0.1) is 5.41 Å². The zero-order valence-corrected chi connectivity index (χ0v) is 14.8. The third kappa shape index (κ3) is 3.76. The molecule has 1 saturated carbocycles. The Morgan fingerprint density at radius 2 is 2.12 bits per heavy atom. The van der Waals surface area contributed by atoms with Gasteiger partial charge < -0.3 is 15.8 Å². The number of nitrogens with two attached hydrogens (primary N) is 1. The molecule has 5 heteroatoms. The molecule has 2 aliphatic rings. The van der Waals surface area contributed by atoms with Crippen LogP contribution in [0.4, 0.5) is 5.95 Å². The van der Waals surface area contributed by atoms with Crippen LogP contribution in [-0.4, -0.2) is 29.7 Å². The Labute approximate surface area is 149 Å². The van der Waals surface area contributed by atoms with Crippen LogP contribution in [0.25, 0.3) is 11.3 Å². The molecule has 2 aromatic rings. The number of benzene rings is 1. The summed E-state index contributed by atoms with van der Waals surface area (Å²) in [5, 5.41) is 3.44. The fourth-order valence-electron chi connectivity index (χ4n) is 3.35. The van der Waals surface area contributed by atoms with Crippen LogP contribution < -0.4 is 15.8 Å². The molecule has 4 rings (SSSR count). The lowest BCUT2D eigenvalue weighted by molar-refractivity contribution is 0.248. The van der Waals surface area contributed by atoms with E-state index >= 15 is 0 Å². The summed E-state index contributed by atoms with van der Waals surface area (Å²) >= 11 is 0. The first-order valence-electron chi connectivity index (χ1n) is 9.20. The summed E-state index contributed by atoms with van der Waals surface area (Å²) in [6, 6.07) is 10.2. The first-order chi connectivity index (χ1) is 12.1. The summed E-state index contributed by atoms with van der Waals surface area (Å²) < 4.78 is 6.13. The topological polar surface area (TPSA) is 73.1 Å². The van der Waals surface area contributed by atoms with Crippen LogP contribution in [0.2, 0.25) is 0 Å². The van der Waals surface area contributed by atoms with Crippen molar-refractivity contribution in [3.8, 4) is 17.0 Å². The molecule has 25 heavy (non-hydrogen) atoms. The number of para-hydroxylation sites is 1. The zero-order valence-electron chi connectivity index (χ0n) is 14.8. The van der Waals surface area contributed by atoms with Gasteiger partial charge in [-0.05, 0) is 50.4 Å². The highest BCUT2D eigenvalue weighted by Crippen LogP contribution is 2.45. The van der Waals surface area contributed by atoms with Gasteiger partial charge in [-0.1, -0.05) is 19.1 Å². The van der Waals surface area contributed by atoms with E-state index in [4.69, 9.17) is 10.5 Å². The molecule has 1 aliphatic carbocycles. The number of ether oxygens (including phenoxy) is 1. The molecule has 0 amide bonds. The Bertz CT molecular complexity index is 751. The molecular formula is C20H26N4O. The first-order valence-corrected chi connectivity index (χ1v) is 9.20. The number of nitrogens with zero attached hydrogens (tertiary/aromatic N) is 2. The molecule has 5 nitrogen and oxygen atoms in total. The minimum Gasteiger partial charge on any atom is -0.492 e. The fraction of sp³-hybridized carbons (Fsp3) is 0.500. The number of rotatable bonds is 5. The van der Waals surface area contributed by atoms with E-state index in [2.05, 4.69) is 34.3 Å². The van der Waals surface area contributed by atoms with Gasteiger partial charge in [-0.3, -0.25) is 0 Å². The molecule has 2 fully saturated rings. The molecule has 3 N–H and O–H groups in total. The molecular weight excluding hydrogens is 312 g/mol. The summed E-state index contributed by atoms with van der Waals surface area (Å²) in [4.78, 5) is 8.98. The Kier molecular flexibility index (Phi) is 4.34. The minimum absolute atomic E-state index is 0.335. The van der Waals surface area contributed by atoms with Crippen LogP contribution in [0.3, 0.4) is 0 Å². The van der Waals surface area contributed by atoms with E-state index in [0.717, 1.165) is 48.8 Å². The quantitative estimate of drug-likeness (QED) is 0.874. The van der Waals surface area contributed by atoms with Crippen molar-refractivity contribution in [1.82, 2.24) is 15.3 Å². The fourth-order valence-corrected chi connectivity index (χ4v) is 3.35. The molecule has 1 atom stereocenters. The highest BCUT2D eigenvalue weighted by molar-refractivity contribution is 5.68. The summed E-state index contributed by atoms with van der Waals surface area (Å²) in [6.07, 6.45) is 4.80. The van der Waals surface area contributed by atoms with Crippen LogP contribution in [0.5, 0.6) is 5.75 Å². The second kappa shape index (κ2) is 6.64. The van der Waals surface area contributed by atoms with Gasteiger partial charge in [-0.15, -0.1) is 0 Å². The van der Waals surface area contributed by atoms with E-state index in [9.17, 15) is 0 Å². The van der Waals surface area contributed by atoms with Gasteiger partial charge in [-0.2, -0.15) is 0 Å². The molecule has 1 unspecified atom stereocenters. The van der Waals surface area contributed by atoms with E-state index < -0.39 is 0 Å². The smallest absolute Gasteiger partial charge is 0.220 e. The second-order valence-corrected chi connectivity index (χ2v) is 7.68. The Morgan fingerprint density at radius 3 is 2.88 bits per heavy atom. The highest BCUT2D eigenvalue weighted by Gasteiger charge is 2.38. The maximum absolute atomic E-state index is 6.13. The normalized spacial score (nSPS) is 21.7. The minimum atomic E-state index is 0.335. The van der Waals surface area contributed by atoms with Gasteiger partial charge >= 0.3 is 0 Å². The second-order valence-electron chi connectivity index (χ2n) is 7.68. The van der Waals surface area contributed by atoms with Crippen LogP contribution in [0.1, 0.15) is 44.2 Å². The van der Waals surface area contributed by atoms with E-state index in [1.807, 2.05) is 18.2 Å². The van der Waals surface area contributed by atoms with Crippen molar-refractivity contribution in [3.63, 3.8) is 0 Å². The van der Waals surface area contributed by atoms with Gasteiger partial charge in [0.2, 0.25) is 5.95 Å². The summed E-state index contributed by atoms with van der Waals surface area (Å²) in [5.74, 6) is 1.61. The van der Waals surface area contributed by atoms with Crippen molar-refractivity contribution >= 4 is 5.95 Å². The molecule has 0 spiro atoms. The van der Waals surface area contributed by atoms with Crippen LogP contribution in [-0.2, 0) is 0 Å². The van der Waals surface area contributed by atoms with E-state index in [0.29, 0.717) is 17.3 Å². The third-order valence-electron chi connectivity index (χ3n) is 5.32. The van der Waals surface area contributed by atoms with Crippen molar-refractivity contribution in [1.29, 1.82) is 0 Å². The number of nitrogen functional groups attached to an aromatic ring is 1. The maximum Gasteiger partial charge on any atom is 0.220 e. The molecule has 1 aromatic carbocycles. The number of anilines is 1. The number of piperidine rings is 1. The Hall–Kier alpha value is -2.14. The van der Waals surface area contributed by atoms with Crippen molar-refractivity contribution in [3.05, 3.63) is 36.0 Å². The number of nitrogens with one attached hydrogen (secondary N) is 1. The molecule has 1 aliphatic heterocycles. The standard InChI is InChI=1S/C20H26N4O/c1-20(8-9-20)13-25-18-7-3-2-6-15(18)17-11-16(23-19(21)24-17)14-5-4-10-22-12-14/h2-3,6-7,11,14,22H,4-5,8-10,12-13H2,1H3,(H2,21,23,24). The maximum atomic E-state index is 6.13. The molecule has 132 valence electrons. The van der Waals surface area contributed by atoms with Gasteiger partial charge in [0.25, 0.3) is 0 Å². The predicted molar refractivity (Wildman–Crippen MR) is 99.6 cm³/mol. The average molecular weight is 338 g/mol. The van der Waals surface area contributed by atoms with Gasteiger partial charge in [0.05, 0.1) is 18.0 Å². The third-order valence-corrected chi connectivity index (χ3v) is 5.32. The van der Waals surface area contributed by atoms with Crippen LogP contribution in [0.15, 0.2) is 30.3 Å². The van der Waals surface area contributed by atoms with Gasteiger partial charge in [-0.25, -0.2) is 9.97 Å². The van der Waals surface area contributed by atoms with Crippen molar-refractivity contribution < 1.29 is 4.74 Å². The molecule has 1 saturated heterocycles. The van der Waals surface area contributed by atoms with Gasteiger partial charge in [0.1, 0.15) is 5.75 Å². The Balaban J connectivity index is 1.63. The van der Waals surface area contributed by atoms with Gasteiger partial charge in [0.15, 0.2) is 0 Å². The van der Waals surface area contributed by atoms with Crippen molar-refractivity contribution in [2.45, 2.75) is 38.5 Å². The number of hydrogen-bond donors (Lipinski definition) is 2. The van der Waals surface area contributed by atoms with Crippen molar-refractivity contribution in [2.75, 3.05) is 25.4 Å². The SMILES string of the molecule is CC1(COc2ccccc2-c2cc(C3CCCNC3)nc(N)n2)CC1. The van der Waals surface area contributed by atoms with E-state index in [1.165, 1.54) is 19.3 Å². The molecule has 2 heterocycles. The summed E-state index contributed by atoms with van der Waals surface area (Å²) in [5.41, 5.74) is 9.24. The molecule has 0 bridgehead atoms. The summed E-state index contributed by atoms with van der Waals surface area (Å²) in [6.45, 7) is 5.06. The monoisotopic (exact) mass is 338 g/mol. The largest absolute Gasteiger partial charge is 0.492 e. The van der Waals surface area contributed by atoms with Crippen LogP contribution >= 0.6 is 0 Å². The lowest BCUT2D eigenvalue weighted by Crippen LogP contribution is -2.29. The lowest BCUT2D eigenvalue weighted by atomic mass is 9.95. The Morgan fingerprint density at radius 1 is 1.28 bits per heavy atom. The average Bonchev–Trinajstić information content (AvgIpc) is 3.38. The van der Waals surface area contributed by atoms with E-state index in [1.54, 1.807) is 0 Å². The number of aromatic nitrogens is 2. The summed E-state index contributed by atoms with van der Waals surface area (Å²) in [7, 11) is 0. The predicted octanol–water partition coefficient (Wildman–Crippen LogP) is 3.37. The molecule has 1 aromatic heterocycles. The highest BCUT2D eigenvalue weighted by atomic mass is 16.5.